The maximum absolute atomic E-state index is 13.6. The highest BCUT2D eigenvalue weighted by Gasteiger charge is 2.32. The summed E-state index contributed by atoms with van der Waals surface area (Å²) in [5.41, 5.74) is 1.31. The van der Waals surface area contributed by atoms with Gasteiger partial charge in [-0.1, -0.05) is 26.0 Å². The normalized spacial score (nSPS) is 16.5. The number of imidazole rings is 1. The Morgan fingerprint density at radius 1 is 1.08 bits per heavy atom. The molecule has 0 spiro atoms. The molecular weight excluding hydrogens is 465 g/mol. The van der Waals surface area contributed by atoms with Gasteiger partial charge in [-0.15, -0.1) is 0 Å². The number of aromatic amines is 1. The Morgan fingerprint density at radius 3 is 2.47 bits per heavy atom. The minimum Gasteiger partial charge on any atom is -0.356 e. The van der Waals surface area contributed by atoms with Crippen LogP contribution in [0, 0.1) is 11.7 Å². The minimum atomic E-state index is -0.393. The van der Waals surface area contributed by atoms with Crippen molar-refractivity contribution < 1.29 is 9.18 Å². The lowest BCUT2D eigenvalue weighted by Gasteiger charge is -2.23. The molecule has 1 aromatic carbocycles. The number of carbonyl (C=O) groups is 1. The molecule has 0 radical (unpaired) electrons. The number of carbonyl (C=O) groups excluding carboxylic acids is 1. The summed E-state index contributed by atoms with van der Waals surface area (Å²) in [6, 6.07) is 5.88. The number of H-pyrrole nitrogens is 1. The Labute approximate surface area is 205 Å². The van der Waals surface area contributed by atoms with Gasteiger partial charge < -0.3 is 10.3 Å². The fourth-order valence-corrected chi connectivity index (χ4v) is 4.91. The third-order valence-electron chi connectivity index (χ3n) is 6.58. The molecule has 3 aromatic heterocycles. The maximum atomic E-state index is 13.6. The van der Waals surface area contributed by atoms with Crippen LogP contribution in [0.25, 0.3) is 22.6 Å². The molecule has 5 rings (SSSR count). The van der Waals surface area contributed by atoms with E-state index in [1.807, 2.05) is 13.8 Å². The lowest BCUT2D eigenvalue weighted by atomic mass is 9.92. The Kier molecular flexibility index (Phi) is 6.29. The minimum absolute atomic E-state index is 0.0333. The first-order chi connectivity index (χ1) is 17.4. The maximum Gasteiger partial charge on any atom is 0.332 e. The second kappa shape index (κ2) is 9.56. The van der Waals surface area contributed by atoms with Gasteiger partial charge >= 0.3 is 5.69 Å². The number of benzene rings is 1. The van der Waals surface area contributed by atoms with Crippen LogP contribution in [0.15, 0.2) is 46.2 Å². The number of rotatable bonds is 8. The van der Waals surface area contributed by atoms with Crippen molar-refractivity contribution in [1.29, 1.82) is 0 Å². The monoisotopic (exact) mass is 493 g/mol. The average molecular weight is 494 g/mol. The molecule has 1 aliphatic rings. The summed E-state index contributed by atoms with van der Waals surface area (Å²) in [5, 5.41) is 7.41. The van der Waals surface area contributed by atoms with Gasteiger partial charge in [-0.3, -0.25) is 23.4 Å². The predicted molar refractivity (Wildman–Crippen MR) is 132 cm³/mol. The van der Waals surface area contributed by atoms with Crippen LogP contribution < -0.4 is 16.6 Å². The smallest absolute Gasteiger partial charge is 0.332 e. The van der Waals surface area contributed by atoms with Crippen molar-refractivity contribution in [2.45, 2.75) is 52.2 Å². The molecule has 4 aromatic rings. The third kappa shape index (κ3) is 4.14. The van der Waals surface area contributed by atoms with Crippen molar-refractivity contribution in [3.8, 4) is 11.4 Å². The van der Waals surface area contributed by atoms with Crippen molar-refractivity contribution in [1.82, 2.24) is 34.2 Å². The van der Waals surface area contributed by atoms with Gasteiger partial charge in [0, 0.05) is 38.2 Å². The number of nitrogens with zero attached hydrogens (tertiary/aromatic N) is 5. The molecule has 0 aliphatic carbocycles. The first kappa shape index (κ1) is 23.7. The topological polar surface area (TPSA) is 120 Å². The lowest BCUT2D eigenvalue weighted by molar-refractivity contribution is -0.119. The largest absolute Gasteiger partial charge is 0.356 e. The Hall–Kier alpha value is -4.02. The quantitative estimate of drug-likeness (QED) is 0.391. The van der Waals surface area contributed by atoms with E-state index in [0.717, 1.165) is 5.56 Å². The van der Waals surface area contributed by atoms with Crippen molar-refractivity contribution in [3.63, 3.8) is 0 Å². The predicted octanol–water partition coefficient (Wildman–Crippen LogP) is 2.43. The lowest BCUT2D eigenvalue weighted by Crippen LogP contribution is -2.40. The van der Waals surface area contributed by atoms with Crippen LogP contribution in [-0.4, -0.2) is 41.3 Å². The van der Waals surface area contributed by atoms with Gasteiger partial charge in [-0.25, -0.2) is 14.2 Å². The second-order valence-corrected chi connectivity index (χ2v) is 9.15. The van der Waals surface area contributed by atoms with E-state index >= 15 is 0 Å². The van der Waals surface area contributed by atoms with Crippen LogP contribution in [-0.2, 0) is 17.9 Å². The highest BCUT2D eigenvalue weighted by atomic mass is 19.1. The molecule has 4 heterocycles. The average Bonchev–Trinajstić information content (AvgIpc) is 3.61. The Balaban J connectivity index is 1.59. The summed E-state index contributed by atoms with van der Waals surface area (Å²) in [7, 11) is 0. The fourth-order valence-electron chi connectivity index (χ4n) is 4.91. The molecule has 2 atom stereocenters. The first-order valence-electron chi connectivity index (χ1n) is 12.2. The Bertz CT molecular complexity index is 1530. The van der Waals surface area contributed by atoms with Crippen molar-refractivity contribution in [2.24, 2.45) is 5.92 Å². The zero-order valence-electron chi connectivity index (χ0n) is 20.2. The molecule has 188 valence electrons. The van der Waals surface area contributed by atoms with Gasteiger partial charge in [-0.2, -0.15) is 5.10 Å². The van der Waals surface area contributed by atoms with E-state index in [0.29, 0.717) is 55.9 Å². The summed E-state index contributed by atoms with van der Waals surface area (Å²) in [6.07, 6.45) is 5.13. The van der Waals surface area contributed by atoms with Crippen LogP contribution >= 0.6 is 0 Å². The second-order valence-electron chi connectivity index (χ2n) is 9.15. The first-order valence-corrected chi connectivity index (χ1v) is 12.2. The van der Waals surface area contributed by atoms with Crippen molar-refractivity contribution in [2.75, 3.05) is 6.54 Å². The molecule has 11 heteroatoms. The molecule has 2 N–H and O–H groups in total. The summed E-state index contributed by atoms with van der Waals surface area (Å²) < 4.78 is 18.1. The van der Waals surface area contributed by atoms with E-state index in [-0.39, 0.29) is 34.9 Å². The van der Waals surface area contributed by atoms with E-state index in [1.165, 1.54) is 21.3 Å². The van der Waals surface area contributed by atoms with E-state index < -0.39 is 5.56 Å². The molecular formula is C25H28FN7O3. The molecule has 10 nitrogen and oxygen atoms in total. The molecule has 1 aliphatic heterocycles. The molecule has 36 heavy (non-hydrogen) atoms. The van der Waals surface area contributed by atoms with E-state index in [9.17, 15) is 18.8 Å². The molecule has 0 saturated carbocycles. The van der Waals surface area contributed by atoms with Crippen molar-refractivity contribution in [3.05, 3.63) is 68.9 Å². The van der Waals surface area contributed by atoms with E-state index in [1.54, 1.807) is 29.2 Å². The summed E-state index contributed by atoms with van der Waals surface area (Å²) in [6.45, 7) is 5.14. The van der Waals surface area contributed by atoms with Crippen LogP contribution in [0.4, 0.5) is 4.39 Å². The zero-order valence-corrected chi connectivity index (χ0v) is 20.2. The number of hydrogen-bond acceptors (Lipinski definition) is 5. The number of aromatic nitrogens is 6. The fraction of sp³-hybridized carbons (Fsp3) is 0.400. The number of fused-ring (bicyclic) bond motifs is 1. The van der Waals surface area contributed by atoms with Crippen LogP contribution in [0.1, 0.15) is 44.7 Å². The van der Waals surface area contributed by atoms with Gasteiger partial charge in [0.1, 0.15) is 17.2 Å². The highest BCUT2D eigenvalue weighted by Crippen LogP contribution is 2.32. The van der Waals surface area contributed by atoms with Crippen LogP contribution in [0.5, 0.6) is 0 Å². The molecule has 2 unspecified atom stereocenters. The third-order valence-corrected chi connectivity index (χ3v) is 6.58. The number of halogens is 1. The molecule has 0 bridgehead atoms. The van der Waals surface area contributed by atoms with Gasteiger partial charge in [0.25, 0.3) is 5.56 Å². The van der Waals surface area contributed by atoms with Gasteiger partial charge in [0.05, 0.1) is 17.8 Å². The van der Waals surface area contributed by atoms with Gasteiger partial charge in [0.2, 0.25) is 5.91 Å². The summed E-state index contributed by atoms with van der Waals surface area (Å²) >= 11 is 0. The zero-order chi connectivity index (χ0) is 25.4. The Morgan fingerprint density at radius 2 is 1.81 bits per heavy atom. The van der Waals surface area contributed by atoms with Crippen molar-refractivity contribution >= 4 is 17.1 Å². The van der Waals surface area contributed by atoms with E-state index in [2.05, 4.69) is 20.4 Å². The van der Waals surface area contributed by atoms with Crippen LogP contribution in [0.2, 0.25) is 0 Å². The number of amides is 1. The molecule has 1 fully saturated rings. The number of nitrogens with one attached hydrogen (secondary N) is 2. The number of hydrogen-bond donors (Lipinski definition) is 2. The highest BCUT2D eigenvalue weighted by molar-refractivity contribution is 5.78. The summed E-state index contributed by atoms with van der Waals surface area (Å²) in [5.74, 6) is -0.0184. The standard InChI is InChI=1S/C25H28FN7O3/c1-3-9-31-23-20(24(35)32(10-4-2)25(31)36)29-22(30-23)17-13-28-33(14-17)21(16-11-19(34)27-12-16)15-5-7-18(26)8-6-15/h5-8,13-14,16,21H,3-4,9-12H2,1-2H3,(H,27,34)(H,29,30). The SMILES string of the molecule is CCCn1c(=O)c2[nH]c(-c3cnn(C(c4ccc(F)cc4)C4CNC(=O)C4)c3)nc2n(CCC)c1=O. The summed E-state index contributed by atoms with van der Waals surface area (Å²) in [4.78, 5) is 45.7. The number of aryl methyl sites for hydroxylation is 1. The molecule has 1 amide bonds. The van der Waals surface area contributed by atoms with Crippen LogP contribution in [0.3, 0.4) is 0 Å². The molecule has 1 saturated heterocycles. The van der Waals surface area contributed by atoms with Gasteiger partial charge in [-0.05, 0) is 30.5 Å². The van der Waals surface area contributed by atoms with E-state index in [4.69, 9.17) is 0 Å². The van der Waals surface area contributed by atoms with Gasteiger partial charge in [0.15, 0.2) is 5.65 Å².